The average molecular weight is 156 g/mol. The lowest BCUT2D eigenvalue weighted by molar-refractivity contribution is 0.303. The van der Waals surface area contributed by atoms with E-state index in [1.165, 1.54) is 12.8 Å². The van der Waals surface area contributed by atoms with E-state index in [-0.39, 0.29) is 5.41 Å². The van der Waals surface area contributed by atoms with Gasteiger partial charge in [0.25, 0.3) is 0 Å². The quantitative estimate of drug-likeness (QED) is 0.282. The second-order valence-corrected chi connectivity index (χ2v) is 4.02. The predicted octanol–water partition coefficient (Wildman–Crippen LogP) is 1.56. The summed E-state index contributed by atoms with van der Waals surface area (Å²) in [4.78, 5) is 0. The molecule has 1 saturated carbocycles. The normalized spacial score (nSPS) is 20.4. The number of nitrogens with zero attached hydrogens (tertiary/aromatic N) is 1. The molecule has 1 aliphatic rings. The summed E-state index contributed by atoms with van der Waals surface area (Å²) in [6.07, 6.45) is 3.66. The molecule has 1 aliphatic carbocycles. The molecule has 1 fully saturated rings. The maximum Gasteiger partial charge on any atom is 0.144 e. The van der Waals surface area contributed by atoms with Gasteiger partial charge in [0.05, 0.1) is 0 Å². The first kappa shape index (κ1) is 8.37. The minimum absolute atomic E-state index is 0.129. The van der Waals surface area contributed by atoms with Crippen LogP contribution in [0.2, 0.25) is 0 Å². The topological polar surface area (TPSA) is 58.6 Å². The van der Waals surface area contributed by atoms with Crippen LogP contribution in [0, 0.1) is 11.3 Å². The fourth-order valence-electron chi connectivity index (χ4n) is 1.28. The van der Waals surface area contributed by atoms with Crippen LogP contribution in [0.3, 0.4) is 0 Å². The Balaban J connectivity index is 2.49. The summed E-state index contributed by atoms with van der Waals surface area (Å²) in [7, 11) is 0. The van der Waals surface area contributed by atoms with Gasteiger partial charge >= 0.3 is 0 Å². The number of amidine groups is 1. The molecule has 0 atom stereocenters. The van der Waals surface area contributed by atoms with Crippen molar-refractivity contribution in [3.8, 4) is 0 Å². The van der Waals surface area contributed by atoms with Crippen molar-refractivity contribution < 1.29 is 5.21 Å². The van der Waals surface area contributed by atoms with E-state index in [0.717, 1.165) is 12.3 Å². The van der Waals surface area contributed by atoms with E-state index in [1.807, 2.05) is 13.8 Å². The van der Waals surface area contributed by atoms with Crippen molar-refractivity contribution in [1.29, 1.82) is 0 Å². The monoisotopic (exact) mass is 156 g/mol. The van der Waals surface area contributed by atoms with Crippen LogP contribution in [0.15, 0.2) is 5.16 Å². The summed E-state index contributed by atoms with van der Waals surface area (Å²) in [6.45, 7) is 4.03. The molecule has 0 bridgehead atoms. The zero-order chi connectivity index (χ0) is 8.48. The van der Waals surface area contributed by atoms with Crippen LogP contribution in [-0.2, 0) is 0 Å². The van der Waals surface area contributed by atoms with E-state index in [1.54, 1.807) is 0 Å². The molecule has 3 nitrogen and oxygen atoms in total. The van der Waals surface area contributed by atoms with E-state index < -0.39 is 0 Å². The van der Waals surface area contributed by atoms with Gasteiger partial charge in [-0.25, -0.2) is 0 Å². The maximum atomic E-state index is 8.47. The molecule has 0 heterocycles. The number of oxime groups is 1. The number of nitrogens with two attached hydrogens (primary N) is 1. The Morgan fingerprint density at radius 3 is 2.55 bits per heavy atom. The molecule has 0 amide bonds. The first-order valence-corrected chi connectivity index (χ1v) is 4.04. The molecule has 0 aromatic carbocycles. The zero-order valence-electron chi connectivity index (χ0n) is 7.17. The van der Waals surface area contributed by atoms with Gasteiger partial charge in [-0.15, -0.1) is 0 Å². The molecule has 0 aliphatic heterocycles. The average Bonchev–Trinajstić information content (AvgIpc) is 2.69. The first-order chi connectivity index (χ1) is 5.06. The lowest BCUT2D eigenvalue weighted by Gasteiger charge is -2.22. The summed E-state index contributed by atoms with van der Waals surface area (Å²) < 4.78 is 0. The summed E-state index contributed by atoms with van der Waals surface area (Å²) in [6, 6.07) is 0. The summed E-state index contributed by atoms with van der Waals surface area (Å²) >= 11 is 0. The molecule has 0 radical (unpaired) electrons. The highest BCUT2D eigenvalue weighted by atomic mass is 16.4. The fourth-order valence-corrected chi connectivity index (χ4v) is 1.28. The van der Waals surface area contributed by atoms with Crippen molar-refractivity contribution in [3.63, 3.8) is 0 Å². The number of rotatable bonds is 3. The molecule has 3 heteroatoms. The van der Waals surface area contributed by atoms with E-state index >= 15 is 0 Å². The van der Waals surface area contributed by atoms with Crippen LogP contribution in [0.5, 0.6) is 0 Å². The minimum atomic E-state index is -0.129. The number of hydrogen-bond acceptors (Lipinski definition) is 2. The van der Waals surface area contributed by atoms with Crippen molar-refractivity contribution in [2.75, 3.05) is 0 Å². The molecule has 11 heavy (non-hydrogen) atoms. The molecule has 0 aromatic rings. The van der Waals surface area contributed by atoms with Gasteiger partial charge in [0, 0.05) is 5.41 Å². The Hall–Kier alpha value is -0.730. The Kier molecular flexibility index (Phi) is 2.07. The van der Waals surface area contributed by atoms with E-state index in [4.69, 9.17) is 10.9 Å². The van der Waals surface area contributed by atoms with Crippen LogP contribution < -0.4 is 5.73 Å². The highest BCUT2D eigenvalue weighted by Gasteiger charge is 2.32. The third-order valence-electron chi connectivity index (χ3n) is 2.30. The first-order valence-electron chi connectivity index (χ1n) is 4.04. The molecule has 0 unspecified atom stereocenters. The zero-order valence-corrected chi connectivity index (χ0v) is 7.17. The predicted molar refractivity (Wildman–Crippen MR) is 44.5 cm³/mol. The lowest BCUT2D eigenvalue weighted by atomic mass is 9.86. The maximum absolute atomic E-state index is 8.47. The van der Waals surface area contributed by atoms with Crippen LogP contribution in [0.4, 0.5) is 0 Å². The standard InChI is InChI=1S/C8H16N2O/c1-8(2,7(9)10-11)5-6-3-4-6/h6,11H,3-5H2,1-2H3,(H2,9,10). The van der Waals surface area contributed by atoms with Crippen LogP contribution in [0.1, 0.15) is 33.1 Å². The summed E-state index contributed by atoms with van der Waals surface area (Å²) in [5.41, 5.74) is 5.40. The van der Waals surface area contributed by atoms with Gasteiger partial charge in [-0.05, 0) is 12.3 Å². The van der Waals surface area contributed by atoms with Gasteiger partial charge in [-0.3, -0.25) is 0 Å². The Morgan fingerprint density at radius 2 is 2.18 bits per heavy atom. The van der Waals surface area contributed by atoms with Crippen molar-refractivity contribution in [3.05, 3.63) is 0 Å². The van der Waals surface area contributed by atoms with Gasteiger partial charge in [0.1, 0.15) is 5.84 Å². The van der Waals surface area contributed by atoms with Crippen LogP contribution in [0.25, 0.3) is 0 Å². The van der Waals surface area contributed by atoms with E-state index in [0.29, 0.717) is 5.84 Å². The van der Waals surface area contributed by atoms with E-state index in [2.05, 4.69) is 5.16 Å². The largest absolute Gasteiger partial charge is 0.409 e. The molecular weight excluding hydrogens is 140 g/mol. The van der Waals surface area contributed by atoms with Gasteiger partial charge < -0.3 is 10.9 Å². The molecule has 0 spiro atoms. The highest BCUT2D eigenvalue weighted by molar-refractivity contribution is 5.85. The molecule has 64 valence electrons. The van der Waals surface area contributed by atoms with Gasteiger partial charge in [0.2, 0.25) is 0 Å². The SMILES string of the molecule is CC(C)(CC1CC1)/C(N)=N/O. The fraction of sp³-hybridized carbons (Fsp3) is 0.875. The van der Waals surface area contributed by atoms with Gasteiger partial charge in [-0.2, -0.15) is 0 Å². The van der Waals surface area contributed by atoms with Crippen molar-refractivity contribution in [2.24, 2.45) is 22.2 Å². The molecular formula is C8H16N2O. The van der Waals surface area contributed by atoms with E-state index in [9.17, 15) is 0 Å². The van der Waals surface area contributed by atoms with Gasteiger partial charge in [-0.1, -0.05) is 31.8 Å². The Morgan fingerprint density at radius 1 is 1.64 bits per heavy atom. The van der Waals surface area contributed by atoms with Crippen molar-refractivity contribution in [2.45, 2.75) is 33.1 Å². The van der Waals surface area contributed by atoms with Crippen molar-refractivity contribution in [1.82, 2.24) is 0 Å². The Bertz CT molecular complexity index is 171. The second-order valence-electron chi connectivity index (χ2n) is 4.02. The molecule has 0 aromatic heterocycles. The van der Waals surface area contributed by atoms with Gasteiger partial charge in [0.15, 0.2) is 0 Å². The lowest BCUT2D eigenvalue weighted by Crippen LogP contribution is -2.32. The molecule has 1 rings (SSSR count). The third-order valence-corrected chi connectivity index (χ3v) is 2.30. The Labute approximate surface area is 67.3 Å². The molecule has 0 saturated heterocycles. The smallest absolute Gasteiger partial charge is 0.144 e. The third kappa shape index (κ3) is 2.10. The number of hydrogen-bond donors (Lipinski definition) is 2. The minimum Gasteiger partial charge on any atom is -0.409 e. The molecule has 3 N–H and O–H groups in total. The van der Waals surface area contributed by atoms with Crippen molar-refractivity contribution >= 4 is 5.84 Å². The summed E-state index contributed by atoms with van der Waals surface area (Å²) in [5, 5.41) is 11.5. The summed E-state index contributed by atoms with van der Waals surface area (Å²) in [5.74, 6) is 1.16. The second kappa shape index (κ2) is 2.72. The van der Waals surface area contributed by atoms with Crippen LogP contribution in [-0.4, -0.2) is 11.0 Å². The highest BCUT2D eigenvalue weighted by Crippen LogP contribution is 2.40. The van der Waals surface area contributed by atoms with Crippen LogP contribution >= 0.6 is 0 Å².